The summed E-state index contributed by atoms with van der Waals surface area (Å²) in [5.74, 6) is -0.318. The van der Waals surface area contributed by atoms with E-state index >= 15 is 0 Å². The van der Waals surface area contributed by atoms with Crippen molar-refractivity contribution in [2.45, 2.75) is 59.1 Å². The lowest BCUT2D eigenvalue weighted by atomic mass is 9.76. The molecule has 5 rings (SSSR count). The van der Waals surface area contributed by atoms with E-state index in [2.05, 4.69) is 45.8 Å². The summed E-state index contributed by atoms with van der Waals surface area (Å²) in [6.07, 6.45) is 4.79. The van der Waals surface area contributed by atoms with Gasteiger partial charge in [0.25, 0.3) is 0 Å². The van der Waals surface area contributed by atoms with Gasteiger partial charge in [-0.1, -0.05) is 20.8 Å². The predicted octanol–water partition coefficient (Wildman–Crippen LogP) is 4.47. The lowest BCUT2D eigenvalue weighted by Gasteiger charge is -2.39. The molecule has 2 aromatic heterocycles. The minimum Gasteiger partial charge on any atom is -0.487 e. The largest absolute Gasteiger partial charge is 0.487 e. The monoisotopic (exact) mass is 447 g/mol. The molecule has 7 nitrogen and oxygen atoms in total. The molecular weight excluding hydrogens is 418 g/mol. The van der Waals surface area contributed by atoms with Crippen molar-refractivity contribution < 1.29 is 14.6 Å². The third-order valence-electron chi connectivity index (χ3n) is 6.89. The Morgan fingerprint density at radius 1 is 1.18 bits per heavy atom. The molecule has 0 radical (unpaired) electrons. The molecule has 0 amide bonds. The molecule has 7 heteroatoms. The second-order valence-electron chi connectivity index (χ2n) is 10.9. The van der Waals surface area contributed by atoms with Crippen LogP contribution in [0.4, 0.5) is 0 Å². The van der Waals surface area contributed by atoms with E-state index in [1.165, 1.54) is 23.4 Å². The first-order valence-electron chi connectivity index (χ1n) is 11.2. The number of carbonyl (C=O) groups is 1. The van der Waals surface area contributed by atoms with Crippen molar-refractivity contribution in [3.8, 4) is 28.3 Å². The van der Waals surface area contributed by atoms with Gasteiger partial charge in [-0.25, -0.2) is 4.79 Å². The van der Waals surface area contributed by atoms with Crippen molar-refractivity contribution in [3.63, 3.8) is 0 Å². The average molecular weight is 448 g/mol. The highest BCUT2D eigenvalue weighted by atomic mass is 16.5. The summed E-state index contributed by atoms with van der Waals surface area (Å²) in [7, 11) is 1.90. The second kappa shape index (κ2) is 6.83. The molecule has 172 valence electrons. The SMILES string of the molecule is Cn1nccc1-c1cc2c(c3c1OC(C)(C)C3)C[C@H](C(C)(C)C)n1cc(C(=O)O)c(=O)cc1-2. The molecule has 2 aliphatic heterocycles. The van der Waals surface area contributed by atoms with Gasteiger partial charge in [-0.2, -0.15) is 5.10 Å². The molecule has 0 unspecified atom stereocenters. The van der Waals surface area contributed by atoms with E-state index in [-0.39, 0.29) is 22.6 Å². The van der Waals surface area contributed by atoms with E-state index in [0.29, 0.717) is 0 Å². The number of aryl methyl sites for hydroxylation is 1. The Morgan fingerprint density at radius 2 is 1.91 bits per heavy atom. The fraction of sp³-hybridized carbons (Fsp3) is 0.423. The Kier molecular flexibility index (Phi) is 4.45. The second-order valence-corrected chi connectivity index (χ2v) is 10.9. The zero-order valence-electron chi connectivity index (χ0n) is 19.9. The van der Waals surface area contributed by atoms with Crippen molar-refractivity contribution in [1.29, 1.82) is 0 Å². The molecule has 0 fully saturated rings. The number of ether oxygens (including phenoxy) is 1. The Labute approximate surface area is 192 Å². The molecule has 0 bridgehead atoms. The highest BCUT2D eigenvalue weighted by molar-refractivity contribution is 5.88. The first kappa shape index (κ1) is 21.5. The molecule has 2 aliphatic rings. The summed E-state index contributed by atoms with van der Waals surface area (Å²) in [6, 6.07) is 5.52. The Balaban J connectivity index is 1.86. The maximum absolute atomic E-state index is 12.8. The van der Waals surface area contributed by atoms with Gasteiger partial charge in [-0.15, -0.1) is 0 Å². The Bertz CT molecular complexity index is 1370. The third kappa shape index (κ3) is 3.29. The van der Waals surface area contributed by atoms with Gasteiger partial charge in [-0.05, 0) is 43.4 Å². The number of aromatic nitrogens is 3. The van der Waals surface area contributed by atoms with Crippen LogP contribution in [0.1, 0.15) is 62.1 Å². The van der Waals surface area contributed by atoms with Crippen LogP contribution < -0.4 is 10.2 Å². The number of benzene rings is 1. The molecule has 1 aromatic carbocycles. The molecule has 1 atom stereocenters. The summed E-state index contributed by atoms with van der Waals surface area (Å²) in [5, 5.41) is 13.9. The highest BCUT2D eigenvalue weighted by Gasteiger charge is 2.40. The maximum Gasteiger partial charge on any atom is 0.341 e. The summed E-state index contributed by atoms with van der Waals surface area (Å²) >= 11 is 0. The Morgan fingerprint density at radius 3 is 2.52 bits per heavy atom. The van der Waals surface area contributed by atoms with E-state index in [1.807, 2.05) is 22.4 Å². The fourth-order valence-corrected chi connectivity index (χ4v) is 5.29. The fourth-order valence-electron chi connectivity index (χ4n) is 5.29. The standard InChI is InChI=1S/C26H29N3O4/c1-25(2,3)22-10-14-15(20-11-21(30)18(24(31)32)13-29(20)22)9-16(19-7-8-27-28(19)6)23-17(14)12-26(4,5)33-23/h7-9,11,13,22H,10,12H2,1-6H3,(H,31,32)/t22-/m1/s1. The van der Waals surface area contributed by atoms with Crippen LogP contribution in [0.15, 0.2) is 35.4 Å². The topological polar surface area (TPSA) is 86.3 Å². The summed E-state index contributed by atoms with van der Waals surface area (Å²) in [4.78, 5) is 24.5. The van der Waals surface area contributed by atoms with Crippen LogP contribution in [0.2, 0.25) is 0 Å². The molecule has 0 saturated carbocycles. The van der Waals surface area contributed by atoms with Crippen LogP contribution in [-0.4, -0.2) is 31.0 Å². The molecule has 1 N–H and O–H groups in total. The molecule has 3 aromatic rings. The summed E-state index contributed by atoms with van der Waals surface area (Å²) in [6.45, 7) is 10.6. The van der Waals surface area contributed by atoms with Gasteiger partial charge in [0.05, 0.1) is 11.4 Å². The van der Waals surface area contributed by atoms with E-state index in [9.17, 15) is 14.7 Å². The minimum atomic E-state index is -1.20. The number of rotatable bonds is 2. The molecule has 33 heavy (non-hydrogen) atoms. The van der Waals surface area contributed by atoms with E-state index in [0.717, 1.165) is 41.1 Å². The van der Waals surface area contributed by atoms with Gasteiger partial charge in [0.2, 0.25) is 0 Å². The Hall–Kier alpha value is -3.35. The lowest BCUT2D eigenvalue weighted by Crippen LogP contribution is -2.33. The van der Waals surface area contributed by atoms with E-state index in [4.69, 9.17) is 4.74 Å². The number of pyridine rings is 1. The highest BCUT2D eigenvalue weighted by Crippen LogP contribution is 2.51. The third-order valence-corrected chi connectivity index (χ3v) is 6.89. The predicted molar refractivity (Wildman–Crippen MR) is 126 cm³/mol. The zero-order valence-corrected chi connectivity index (χ0v) is 19.9. The quantitative estimate of drug-likeness (QED) is 0.626. The number of fused-ring (bicyclic) bond motifs is 5. The van der Waals surface area contributed by atoms with Gasteiger partial charge in [0.15, 0.2) is 5.43 Å². The summed E-state index contributed by atoms with van der Waals surface area (Å²) < 4.78 is 10.3. The maximum atomic E-state index is 12.8. The first-order valence-corrected chi connectivity index (χ1v) is 11.2. The van der Waals surface area contributed by atoms with Crippen LogP contribution in [0, 0.1) is 5.41 Å². The van der Waals surface area contributed by atoms with E-state index in [1.54, 1.807) is 6.20 Å². The minimum absolute atomic E-state index is 0.00550. The lowest BCUT2D eigenvalue weighted by molar-refractivity contribution is 0.0693. The molecule has 4 heterocycles. The zero-order chi connectivity index (χ0) is 23.9. The molecular formula is C26H29N3O4. The van der Waals surface area contributed by atoms with Gasteiger partial charge in [0, 0.05) is 54.7 Å². The van der Waals surface area contributed by atoms with Crippen molar-refractivity contribution in [2.24, 2.45) is 12.5 Å². The van der Waals surface area contributed by atoms with Crippen LogP contribution in [0.25, 0.3) is 22.5 Å². The first-order chi connectivity index (χ1) is 15.4. The van der Waals surface area contributed by atoms with Crippen molar-refractivity contribution in [3.05, 3.63) is 57.5 Å². The van der Waals surface area contributed by atoms with Gasteiger partial charge < -0.3 is 14.4 Å². The van der Waals surface area contributed by atoms with Crippen molar-refractivity contribution in [1.82, 2.24) is 14.3 Å². The smallest absolute Gasteiger partial charge is 0.341 e. The number of aromatic carboxylic acids is 1. The van der Waals surface area contributed by atoms with Crippen molar-refractivity contribution >= 4 is 5.97 Å². The molecule has 0 spiro atoms. The average Bonchev–Trinajstić information content (AvgIpc) is 3.27. The number of hydrogen-bond donors (Lipinski definition) is 1. The normalized spacial score (nSPS) is 18.3. The number of nitrogens with zero attached hydrogens (tertiary/aromatic N) is 3. The number of hydrogen-bond acceptors (Lipinski definition) is 4. The number of carboxylic acid groups (broad SMARTS) is 1. The van der Waals surface area contributed by atoms with Gasteiger partial charge >= 0.3 is 5.97 Å². The van der Waals surface area contributed by atoms with E-state index < -0.39 is 11.4 Å². The van der Waals surface area contributed by atoms with Crippen LogP contribution in [0.3, 0.4) is 0 Å². The molecule has 0 aliphatic carbocycles. The van der Waals surface area contributed by atoms with Crippen LogP contribution in [-0.2, 0) is 19.9 Å². The summed E-state index contributed by atoms with van der Waals surface area (Å²) in [5.41, 5.74) is 4.76. The number of carboxylic acids is 1. The van der Waals surface area contributed by atoms with Crippen molar-refractivity contribution in [2.75, 3.05) is 0 Å². The van der Waals surface area contributed by atoms with Crippen LogP contribution >= 0.6 is 0 Å². The van der Waals surface area contributed by atoms with Gasteiger partial charge in [0.1, 0.15) is 16.9 Å². The van der Waals surface area contributed by atoms with Crippen LogP contribution in [0.5, 0.6) is 5.75 Å². The molecule has 0 saturated heterocycles. The van der Waals surface area contributed by atoms with Gasteiger partial charge in [-0.3, -0.25) is 9.48 Å².